The first-order valence-corrected chi connectivity index (χ1v) is 9.72. The summed E-state index contributed by atoms with van der Waals surface area (Å²) in [4.78, 5) is 36.7. The third-order valence-electron chi connectivity index (χ3n) is 4.26. The second-order valence-corrected chi connectivity index (χ2v) is 7.55. The Morgan fingerprint density at radius 1 is 0.931 bits per heavy atom. The highest BCUT2D eigenvalue weighted by Gasteiger charge is 2.15. The fourth-order valence-corrected chi connectivity index (χ4v) is 2.59. The SMILES string of the molecule is CC(C)CNC(=O)c1ccccc1NC(=O)COC(=O)c1ccc(C(C)C)cc1. The van der Waals surface area contributed by atoms with Crippen LogP contribution in [0.2, 0.25) is 0 Å². The molecule has 0 bridgehead atoms. The number of hydrogen-bond donors (Lipinski definition) is 2. The molecule has 0 saturated heterocycles. The maximum Gasteiger partial charge on any atom is 0.338 e. The molecule has 2 N–H and O–H groups in total. The van der Waals surface area contributed by atoms with Crippen molar-refractivity contribution >= 4 is 23.5 Å². The van der Waals surface area contributed by atoms with Crippen LogP contribution in [0, 0.1) is 5.92 Å². The minimum atomic E-state index is -0.571. The summed E-state index contributed by atoms with van der Waals surface area (Å²) in [5, 5.41) is 5.45. The molecule has 2 amide bonds. The Morgan fingerprint density at radius 2 is 1.59 bits per heavy atom. The van der Waals surface area contributed by atoms with Crippen molar-refractivity contribution in [2.45, 2.75) is 33.6 Å². The van der Waals surface area contributed by atoms with Crippen molar-refractivity contribution in [1.29, 1.82) is 0 Å². The average Bonchev–Trinajstić information content (AvgIpc) is 2.70. The number of benzene rings is 2. The lowest BCUT2D eigenvalue weighted by Gasteiger charge is -2.13. The van der Waals surface area contributed by atoms with E-state index in [-0.39, 0.29) is 5.91 Å². The predicted octanol–water partition coefficient (Wildman–Crippen LogP) is 3.99. The maximum absolute atomic E-state index is 12.3. The molecule has 0 saturated carbocycles. The van der Waals surface area contributed by atoms with Crippen LogP contribution in [0.3, 0.4) is 0 Å². The molecule has 0 aliphatic heterocycles. The van der Waals surface area contributed by atoms with Gasteiger partial charge in [0.15, 0.2) is 6.61 Å². The molecular formula is C23H28N2O4. The second-order valence-electron chi connectivity index (χ2n) is 7.55. The van der Waals surface area contributed by atoms with Crippen molar-refractivity contribution in [1.82, 2.24) is 5.32 Å². The number of anilines is 1. The summed E-state index contributed by atoms with van der Waals surface area (Å²) >= 11 is 0. The lowest BCUT2D eigenvalue weighted by Crippen LogP contribution is -2.29. The van der Waals surface area contributed by atoms with Gasteiger partial charge >= 0.3 is 5.97 Å². The van der Waals surface area contributed by atoms with E-state index in [1.807, 2.05) is 26.0 Å². The molecule has 0 radical (unpaired) electrons. The number of esters is 1. The van der Waals surface area contributed by atoms with Gasteiger partial charge in [0, 0.05) is 6.54 Å². The number of rotatable bonds is 8. The van der Waals surface area contributed by atoms with E-state index in [0.717, 1.165) is 5.56 Å². The molecule has 2 aromatic carbocycles. The normalized spacial score (nSPS) is 10.7. The summed E-state index contributed by atoms with van der Waals surface area (Å²) in [7, 11) is 0. The molecule has 2 aromatic rings. The van der Waals surface area contributed by atoms with Gasteiger partial charge < -0.3 is 15.4 Å². The van der Waals surface area contributed by atoms with E-state index in [9.17, 15) is 14.4 Å². The number of amides is 2. The molecule has 154 valence electrons. The molecule has 6 nitrogen and oxygen atoms in total. The van der Waals surface area contributed by atoms with Gasteiger partial charge in [0.25, 0.3) is 11.8 Å². The molecule has 0 fully saturated rings. The zero-order chi connectivity index (χ0) is 21.4. The Bertz CT molecular complexity index is 857. The van der Waals surface area contributed by atoms with Crippen molar-refractivity contribution in [3.63, 3.8) is 0 Å². The van der Waals surface area contributed by atoms with Crippen LogP contribution in [0.15, 0.2) is 48.5 Å². The van der Waals surface area contributed by atoms with Crippen LogP contribution >= 0.6 is 0 Å². The van der Waals surface area contributed by atoms with Crippen molar-refractivity contribution in [2.75, 3.05) is 18.5 Å². The number of carbonyl (C=O) groups excluding carboxylic acids is 3. The first kappa shape index (κ1) is 22.1. The van der Waals surface area contributed by atoms with Gasteiger partial charge in [-0.05, 0) is 41.7 Å². The number of carbonyl (C=O) groups is 3. The van der Waals surface area contributed by atoms with Crippen LogP contribution in [0.1, 0.15) is 59.9 Å². The fraction of sp³-hybridized carbons (Fsp3) is 0.348. The number of hydrogen-bond acceptors (Lipinski definition) is 4. The zero-order valence-electron chi connectivity index (χ0n) is 17.3. The largest absolute Gasteiger partial charge is 0.452 e. The zero-order valence-corrected chi connectivity index (χ0v) is 17.3. The van der Waals surface area contributed by atoms with Gasteiger partial charge in [0.05, 0.1) is 16.8 Å². The van der Waals surface area contributed by atoms with E-state index in [4.69, 9.17) is 4.74 Å². The summed E-state index contributed by atoms with van der Waals surface area (Å²) < 4.78 is 5.09. The second kappa shape index (κ2) is 10.4. The smallest absolute Gasteiger partial charge is 0.338 e. The van der Waals surface area contributed by atoms with E-state index in [1.165, 1.54) is 0 Å². The van der Waals surface area contributed by atoms with E-state index in [1.54, 1.807) is 36.4 Å². The highest BCUT2D eigenvalue weighted by atomic mass is 16.5. The van der Waals surface area contributed by atoms with Crippen molar-refractivity contribution in [3.8, 4) is 0 Å². The Hall–Kier alpha value is -3.15. The Labute approximate surface area is 171 Å². The topological polar surface area (TPSA) is 84.5 Å². The summed E-state index contributed by atoms with van der Waals surface area (Å²) in [6.45, 7) is 8.23. The van der Waals surface area contributed by atoms with E-state index in [2.05, 4.69) is 24.5 Å². The molecular weight excluding hydrogens is 368 g/mol. The number of nitrogens with one attached hydrogen (secondary N) is 2. The lowest BCUT2D eigenvalue weighted by molar-refractivity contribution is -0.119. The van der Waals surface area contributed by atoms with E-state index in [0.29, 0.717) is 35.2 Å². The fourth-order valence-electron chi connectivity index (χ4n) is 2.59. The van der Waals surface area contributed by atoms with Crippen LogP contribution < -0.4 is 10.6 Å². The minimum Gasteiger partial charge on any atom is -0.452 e. The lowest BCUT2D eigenvalue weighted by atomic mass is 10.0. The Kier molecular flexibility index (Phi) is 7.95. The molecule has 2 rings (SSSR count). The number of para-hydroxylation sites is 1. The van der Waals surface area contributed by atoms with Gasteiger partial charge in [-0.2, -0.15) is 0 Å². The third kappa shape index (κ3) is 6.75. The molecule has 0 unspecified atom stereocenters. The van der Waals surface area contributed by atoms with Crippen LogP contribution in [0.4, 0.5) is 5.69 Å². The summed E-state index contributed by atoms with van der Waals surface area (Å²) in [6.07, 6.45) is 0. The van der Waals surface area contributed by atoms with Gasteiger partial charge in [-0.3, -0.25) is 9.59 Å². The number of ether oxygens (including phenoxy) is 1. The van der Waals surface area contributed by atoms with Crippen molar-refractivity contribution < 1.29 is 19.1 Å². The van der Waals surface area contributed by atoms with E-state index >= 15 is 0 Å². The average molecular weight is 396 g/mol. The first-order chi connectivity index (χ1) is 13.8. The van der Waals surface area contributed by atoms with Crippen molar-refractivity contribution in [2.24, 2.45) is 5.92 Å². The Morgan fingerprint density at radius 3 is 2.21 bits per heavy atom. The van der Waals surface area contributed by atoms with Crippen LogP contribution in [0.5, 0.6) is 0 Å². The maximum atomic E-state index is 12.3. The quantitative estimate of drug-likeness (QED) is 0.661. The first-order valence-electron chi connectivity index (χ1n) is 9.72. The third-order valence-corrected chi connectivity index (χ3v) is 4.26. The molecule has 29 heavy (non-hydrogen) atoms. The minimum absolute atomic E-state index is 0.267. The molecule has 0 aromatic heterocycles. The van der Waals surface area contributed by atoms with Crippen LogP contribution in [-0.2, 0) is 9.53 Å². The molecule has 0 aliphatic carbocycles. The molecule has 0 heterocycles. The monoisotopic (exact) mass is 396 g/mol. The highest BCUT2D eigenvalue weighted by Crippen LogP contribution is 2.16. The van der Waals surface area contributed by atoms with Crippen LogP contribution in [-0.4, -0.2) is 30.9 Å². The van der Waals surface area contributed by atoms with Gasteiger partial charge in [-0.15, -0.1) is 0 Å². The summed E-state index contributed by atoms with van der Waals surface area (Å²) in [5.41, 5.74) is 2.23. The molecule has 6 heteroatoms. The summed E-state index contributed by atoms with van der Waals surface area (Å²) in [5.74, 6) is -0.671. The van der Waals surface area contributed by atoms with Gasteiger partial charge in [0.1, 0.15) is 0 Å². The standard InChI is InChI=1S/C23H28N2O4/c1-15(2)13-24-22(27)19-7-5-6-8-20(19)25-21(26)14-29-23(28)18-11-9-17(10-12-18)16(3)4/h5-12,15-16H,13-14H2,1-4H3,(H,24,27)(H,25,26). The van der Waals surface area contributed by atoms with E-state index < -0.39 is 18.5 Å². The van der Waals surface area contributed by atoms with Crippen molar-refractivity contribution in [3.05, 3.63) is 65.2 Å². The highest BCUT2D eigenvalue weighted by molar-refractivity contribution is 6.04. The van der Waals surface area contributed by atoms with Gasteiger partial charge in [0.2, 0.25) is 0 Å². The van der Waals surface area contributed by atoms with Gasteiger partial charge in [-0.25, -0.2) is 4.79 Å². The van der Waals surface area contributed by atoms with Crippen LogP contribution in [0.25, 0.3) is 0 Å². The predicted molar refractivity (Wildman–Crippen MR) is 113 cm³/mol. The molecule has 0 spiro atoms. The molecule has 0 aliphatic rings. The summed E-state index contributed by atoms with van der Waals surface area (Å²) in [6, 6.07) is 13.8. The van der Waals surface area contributed by atoms with Gasteiger partial charge in [-0.1, -0.05) is 52.0 Å². The molecule has 0 atom stereocenters. The Balaban J connectivity index is 1.94.